The molecule has 0 bridgehead atoms. The van der Waals surface area contributed by atoms with Crippen molar-refractivity contribution in [3.8, 4) is 0 Å². The lowest BCUT2D eigenvalue weighted by Crippen LogP contribution is -2.61. The van der Waals surface area contributed by atoms with Crippen LogP contribution < -0.4 is 10.6 Å². The Morgan fingerprint density at radius 3 is 2.05 bits per heavy atom. The summed E-state index contributed by atoms with van der Waals surface area (Å²) in [6, 6.07) is 3.94. The van der Waals surface area contributed by atoms with Crippen LogP contribution in [0.1, 0.15) is 10.4 Å². The predicted molar refractivity (Wildman–Crippen MR) is 65.2 cm³/mol. The van der Waals surface area contributed by atoms with Crippen LogP contribution in [0, 0.1) is 11.2 Å². The molecule has 1 rings (SSSR count). The van der Waals surface area contributed by atoms with Crippen molar-refractivity contribution < 1.29 is 32.6 Å². The van der Waals surface area contributed by atoms with E-state index in [9.17, 15) is 22.4 Å². The molecule has 1 aromatic rings. The van der Waals surface area contributed by atoms with Gasteiger partial charge in [0.1, 0.15) is 5.82 Å². The summed E-state index contributed by atoms with van der Waals surface area (Å²) >= 11 is 0. The SMILES string of the molecule is Cl.N=C(NC(=O)c1ccc(F)cc1)NC(O)(O)C(F)(F)F. The van der Waals surface area contributed by atoms with Crippen molar-refractivity contribution in [3.05, 3.63) is 35.6 Å². The van der Waals surface area contributed by atoms with Crippen LogP contribution in [0.3, 0.4) is 0 Å². The fourth-order valence-corrected chi connectivity index (χ4v) is 1.06. The number of nitrogens with one attached hydrogen (secondary N) is 3. The van der Waals surface area contributed by atoms with Crippen molar-refractivity contribution >= 4 is 24.3 Å². The Morgan fingerprint density at radius 1 is 1.14 bits per heavy atom. The summed E-state index contributed by atoms with van der Waals surface area (Å²) in [5.74, 6) is -7.31. The maximum atomic E-state index is 12.6. The Labute approximate surface area is 121 Å². The number of halogens is 5. The summed E-state index contributed by atoms with van der Waals surface area (Å²) in [4.78, 5) is 11.4. The normalized spacial score (nSPS) is 11.3. The molecule has 1 amide bonds. The zero-order chi connectivity index (χ0) is 15.6. The van der Waals surface area contributed by atoms with Crippen LogP contribution in [0.4, 0.5) is 17.6 Å². The zero-order valence-corrected chi connectivity index (χ0v) is 10.8. The molecule has 0 saturated carbocycles. The second kappa shape index (κ2) is 6.70. The van der Waals surface area contributed by atoms with Gasteiger partial charge in [-0.1, -0.05) is 0 Å². The number of amides is 1. The van der Waals surface area contributed by atoms with Gasteiger partial charge in [0.15, 0.2) is 5.96 Å². The summed E-state index contributed by atoms with van der Waals surface area (Å²) in [6.45, 7) is 0. The Balaban J connectivity index is 0.00000400. The molecule has 21 heavy (non-hydrogen) atoms. The molecule has 0 saturated heterocycles. The van der Waals surface area contributed by atoms with Gasteiger partial charge in [-0.3, -0.25) is 20.8 Å². The van der Waals surface area contributed by atoms with Crippen LogP contribution in [0.25, 0.3) is 0 Å². The van der Waals surface area contributed by atoms with Gasteiger partial charge in [-0.2, -0.15) is 13.2 Å². The molecule has 11 heteroatoms. The minimum Gasteiger partial charge on any atom is -0.342 e. The highest BCUT2D eigenvalue weighted by Gasteiger charge is 2.54. The number of benzene rings is 1. The number of carbonyl (C=O) groups is 1. The average Bonchev–Trinajstić information content (AvgIpc) is 2.27. The Kier molecular flexibility index (Phi) is 6.09. The molecule has 0 heterocycles. The number of aliphatic hydroxyl groups is 2. The van der Waals surface area contributed by atoms with Gasteiger partial charge in [-0.05, 0) is 24.3 Å². The monoisotopic (exact) mass is 331 g/mol. The maximum Gasteiger partial charge on any atom is 0.465 e. The van der Waals surface area contributed by atoms with E-state index in [-0.39, 0.29) is 18.0 Å². The molecular weight excluding hydrogens is 322 g/mol. The number of alkyl halides is 3. The number of hydrogen-bond donors (Lipinski definition) is 5. The van der Waals surface area contributed by atoms with Gasteiger partial charge in [0.25, 0.3) is 5.91 Å². The van der Waals surface area contributed by atoms with E-state index in [1.54, 1.807) is 5.32 Å². The first-order valence-corrected chi connectivity index (χ1v) is 4.98. The fraction of sp³-hybridized carbons (Fsp3) is 0.200. The van der Waals surface area contributed by atoms with E-state index in [1.807, 2.05) is 0 Å². The predicted octanol–water partition coefficient (Wildman–Crippen LogP) is 0.702. The van der Waals surface area contributed by atoms with Crippen molar-refractivity contribution in [2.45, 2.75) is 12.1 Å². The molecule has 118 valence electrons. The minimum absolute atomic E-state index is 0. The molecule has 1 aromatic carbocycles. The van der Waals surface area contributed by atoms with Gasteiger partial charge in [-0.15, -0.1) is 12.4 Å². The van der Waals surface area contributed by atoms with Gasteiger partial charge >= 0.3 is 12.1 Å². The number of hydrogen-bond acceptors (Lipinski definition) is 4. The first kappa shape index (κ1) is 19.1. The highest BCUT2D eigenvalue weighted by molar-refractivity contribution is 6.04. The van der Waals surface area contributed by atoms with E-state index in [0.717, 1.165) is 29.6 Å². The van der Waals surface area contributed by atoms with Gasteiger partial charge in [0.2, 0.25) is 0 Å². The third kappa shape index (κ3) is 5.17. The van der Waals surface area contributed by atoms with Crippen LogP contribution in [-0.4, -0.2) is 34.2 Å². The van der Waals surface area contributed by atoms with Crippen LogP contribution in [0.2, 0.25) is 0 Å². The van der Waals surface area contributed by atoms with Crippen molar-refractivity contribution in [1.82, 2.24) is 10.6 Å². The fourth-order valence-electron chi connectivity index (χ4n) is 1.06. The van der Waals surface area contributed by atoms with Crippen LogP contribution in [0.15, 0.2) is 24.3 Å². The Hall–Kier alpha value is -1.91. The minimum atomic E-state index is -5.47. The largest absolute Gasteiger partial charge is 0.465 e. The van der Waals surface area contributed by atoms with Gasteiger partial charge in [0, 0.05) is 5.56 Å². The molecule has 6 nitrogen and oxygen atoms in total. The van der Waals surface area contributed by atoms with Gasteiger partial charge in [-0.25, -0.2) is 4.39 Å². The smallest absolute Gasteiger partial charge is 0.342 e. The lowest BCUT2D eigenvalue weighted by Gasteiger charge is -2.26. The summed E-state index contributed by atoms with van der Waals surface area (Å²) in [7, 11) is 0. The Bertz CT molecular complexity index is 519. The topological polar surface area (TPSA) is 105 Å². The standard InChI is InChI=1S/C10H9F4N3O3.ClH/c11-6-3-1-5(2-4-6)7(18)16-8(15)17-10(19,20)9(12,13)14;/h1-4,19-20H,(H3,15,16,17,18);1H. The highest BCUT2D eigenvalue weighted by Crippen LogP contribution is 2.25. The number of rotatable bonds is 2. The second-order valence-electron chi connectivity index (χ2n) is 3.63. The summed E-state index contributed by atoms with van der Waals surface area (Å²) in [6.07, 6.45) is -5.47. The van der Waals surface area contributed by atoms with Gasteiger partial charge < -0.3 is 10.2 Å². The Morgan fingerprint density at radius 2 is 1.62 bits per heavy atom. The quantitative estimate of drug-likeness (QED) is 0.238. The van der Waals surface area contributed by atoms with E-state index in [0.29, 0.717) is 0 Å². The number of carbonyl (C=O) groups excluding carboxylic acids is 1. The van der Waals surface area contributed by atoms with E-state index in [4.69, 9.17) is 15.6 Å². The second-order valence-corrected chi connectivity index (χ2v) is 3.63. The molecule has 5 N–H and O–H groups in total. The summed E-state index contributed by atoms with van der Waals surface area (Å²) in [5, 5.41) is 26.9. The maximum absolute atomic E-state index is 12.6. The summed E-state index contributed by atoms with van der Waals surface area (Å²) < 4.78 is 48.8. The lowest BCUT2D eigenvalue weighted by molar-refractivity contribution is -0.356. The molecular formula is C10H10ClF4N3O3. The molecule has 0 unspecified atom stereocenters. The lowest BCUT2D eigenvalue weighted by atomic mass is 10.2. The molecule has 0 aliphatic carbocycles. The summed E-state index contributed by atoms with van der Waals surface area (Å²) in [5.41, 5.74) is -0.133. The molecule has 0 spiro atoms. The molecule has 0 aromatic heterocycles. The van der Waals surface area contributed by atoms with Crippen LogP contribution in [0.5, 0.6) is 0 Å². The van der Waals surface area contributed by atoms with E-state index >= 15 is 0 Å². The van der Waals surface area contributed by atoms with Crippen LogP contribution in [-0.2, 0) is 0 Å². The molecule has 0 aliphatic heterocycles. The van der Waals surface area contributed by atoms with E-state index < -0.39 is 29.8 Å². The van der Waals surface area contributed by atoms with Crippen LogP contribution >= 0.6 is 12.4 Å². The number of guanidine groups is 1. The van der Waals surface area contributed by atoms with Gasteiger partial charge in [0.05, 0.1) is 0 Å². The van der Waals surface area contributed by atoms with Crippen molar-refractivity contribution in [2.75, 3.05) is 0 Å². The van der Waals surface area contributed by atoms with E-state index in [2.05, 4.69) is 0 Å². The third-order valence-electron chi connectivity index (χ3n) is 2.04. The first-order chi connectivity index (χ1) is 9.03. The molecule has 0 atom stereocenters. The molecule has 0 aliphatic rings. The van der Waals surface area contributed by atoms with Crippen molar-refractivity contribution in [2.24, 2.45) is 0 Å². The van der Waals surface area contributed by atoms with Crippen molar-refractivity contribution in [3.63, 3.8) is 0 Å². The van der Waals surface area contributed by atoms with E-state index in [1.165, 1.54) is 0 Å². The van der Waals surface area contributed by atoms with Crippen molar-refractivity contribution in [1.29, 1.82) is 5.41 Å². The third-order valence-corrected chi connectivity index (χ3v) is 2.04. The average molecular weight is 332 g/mol. The first-order valence-electron chi connectivity index (χ1n) is 4.98. The zero-order valence-electron chi connectivity index (χ0n) is 10.0. The molecule has 0 fully saturated rings. The molecule has 0 radical (unpaired) electrons. The highest BCUT2D eigenvalue weighted by atomic mass is 35.5.